The molecule has 0 radical (unpaired) electrons. The Hall–Kier alpha value is -3.48. The van der Waals surface area contributed by atoms with E-state index >= 15 is 0 Å². The molecule has 0 aromatic heterocycles. The van der Waals surface area contributed by atoms with Crippen LogP contribution in [0.4, 0.5) is 10.1 Å². The number of likely N-dealkylation sites (tertiary alicyclic amines) is 1. The summed E-state index contributed by atoms with van der Waals surface area (Å²) >= 11 is 17.2. The van der Waals surface area contributed by atoms with Gasteiger partial charge in [-0.2, -0.15) is 0 Å². The average Bonchev–Trinajstić information content (AvgIpc) is 3.28. The lowest BCUT2D eigenvalue weighted by atomic mass is 9.56. The predicted octanol–water partition coefficient (Wildman–Crippen LogP) is 3.85. The summed E-state index contributed by atoms with van der Waals surface area (Å²) in [7, 11) is 0. The van der Waals surface area contributed by atoms with E-state index in [1.54, 1.807) is 6.08 Å². The summed E-state index contributed by atoms with van der Waals surface area (Å²) in [5, 5.41) is 30.2. The first-order chi connectivity index (χ1) is 19.8. The van der Waals surface area contributed by atoms with Crippen molar-refractivity contribution in [3.05, 3.63) is 65.0 Å². The summed E-state index contributed by atoms with van der Waals surface area (Å²) in [5.41, 5.74) is -0.472. The number of phenolic OH excluding ortho intramolecular Hbond substituents is 1. The van der Waals surface area contributed by atoms with Gasteiger partial charge >= 0.3 is 5.97 Å². The van der Waals surface area contributed by atoms with Crippen LogP contribution in [0, 0.1) is 23.6 Å². The molecule has 0 spiro atoms. The Labute approximate surface area is 255 Å². The third-order valence-electron chi connectivity index (χ3n) is 8.81. The average molecular weight is 682 g/mol. The Morgan fingerprint density at radius 2 is 1.76 bits per heavy atom. The number of benzene rings is 2. The summed E-state index contributed by atoms with van der Waals surface area (Å²) in [6.07, 6.45) is 1.31. The summed E-state index contributed by atoms with van der Waals surface area (Å²) in [6.45, 7) is 0. The highest BCUT2D eigenvalue weighted by molar-refractivity contribution is 9.09. The van der Waals surface area contributed by atoms with Gasteiger partial charge in [0, 0.05) is 17.5 Å². The first kappa shape index (κ1) is 28.6. The van der Waals surface area contributed by atoms with Crippen LogP contribution in [0.25, 0.3) is 0 Å². The zero-order valence-electron chi connectivity index (χ0n) is 21.3. The fourth-order valence-electron chi connectivity index (χ4n) is 6.96. The minimum absolute atomic E-state index is 0.00981. The molecule has 2 aliphatic heterocycles. The van der Waals surface area contributed by atoms with Gasteiger partial charge in [0.1, 0.15) is 11.3 Å². The van der Waals surface area contributed by atoms with E-state index in [9.17, 15) is 43.7 Å². The van der Waals surface area contributed by atoms with Crippen LogP contribution >= 0.6 is 39.1 Å². The minimum Gasteiger partial charge on any atom is -0.507 e. The molecule has 42 heavy (non-hydrogen) atoms. The third-order valence-corrected chi connectivity index (χ3v) is 10.7. The first-order valence-corrected chi connectivity index (χ1v) is 14.6. The van der Waals surface area contributed by atoms with Crippen molar-refractivity contribution < 1.29 is 43.7 Å². The maximum atomic E-state index is 14.6. The van der Waals surface area contributed by atoms with Gasteiger partial charge in [0.15, 0.2) is 21.3 Å². The summed E-state index contributed by atoms with van der Waals surface area (Å²) < 4.78 is 14.6. The second kappa shape index (κ2) is 9.51. The number of phenols is 2. The number of alkyl halides is 3. The zero-order chi connectivity index (χ0) is 30.5. The lowest BCUT2D eigenvalue weighted by Crippen LogP contribution is -2.60. The molecular formula is C28H20BrCl2FN2O8. The van der Waals surface area contributed by atoms with Crippen molar-refractivity contribution in [2.24, 2.45) is 17.8 Å². The monoisotopic (exact) mass is 680 g/mol. The topological polar surface area (TPSA) is 153 Å². The number of carboxylic acids is 1. The van der Waals surface area contributed by atoms with Crippen molar-refractivity contribution in [3.63, 3.8) is 0 Å². The lowest BCUT2D eigenvalue weighted by molar-refractivity contribution is -0.138. The van der Waals surface area contributed by atoms with E-state index in [4.69, 9.17) is 23.2 Å². The fourth-order valence-corrected chi connectivity index (χ4v) is 8.38. The van der Waals surface area contributed by atoms with Crippen LogP contribution in [0.2, 0.25) is 0 Å². The summed E-state index contributed by atoms with van der Waals surface area (Å²) in [6, 6.07) is 6.95. The number of imide groups is 2. The lowest BCUT2D eigenvalue weighted by Gasteiger charge is -2.50. The Morgan fingerprint density at radius 1 is 1.05 bits per heavy atom. The number of aromatic carboxylic acids is 1. The van der Waals surface area contributed by atoms with Gasteiger partial charge in [-0.15, -0.1) is 23.2 Å². The first-order valence-electron chi connectivity index (χ1n) is 12.7. The Balaban J connectivity index is 1.51. The second-order valence-corrected chi connectivity index (χ2v) is 12.4. The van der Waals surface area contributed by atoms with Crippen LogP contribution in [0.15, 0.2) is 48.0 Å². The van der Waals surface area contributed by atoms with Crippen molar-refractivity contribution in [1.29, 1.82) is 0 Å². The van der Waals surface area contributed by atoms with Crippen LogP contribution in [0.3, 0.4) is 0 Å². The molecule has 0 bridgehead atoms. The van der Waals surface area contributed by atoms with Crippen molar-refractivity contribution >= 4 is 74.4 Å². The zero-order valence-corrected chi connectivity index (χ0v) is 24.4. The molecule has 6 rings (SSSR count). The predicted molar refractivity (Wildman–Crippen MR) is 149 cm³/mol. The highest BCUT2D eigenvalue weighted by atomic mass is 79.9. The Kier molecular flexibility index (Phi) is 6.49. The van der Waals surface area contributed by atoms with Gasteiger partial charge in [0.05, 0.1) is 23.0 Å². The van der Waals surface area contributed by atoms with Gasteiger partial charge in [-0.25, -0.2) is 14.1 Å². The molecule has 2 aliphatic carbocycles. The van der Waals surface area contributed by atoms with Crippen molar-refractivity contribution in [2.75, 3.05) is 10.4 Å². The number of hydrogen-bond donors (Lipinski definition) is 3. The van der Waals surface area contributed by atoms with Crippen LogP contribution in [-0.2, 0) is 19.2 Å². The fraction of sp³-hybridized carbons (Fsp3) is 0.321. The standard InChI is InChI=1S/C28H20BrCl2FN2O8/c29-10-33-25(41)27(30)9-16-12(20(28(27,31)26(33)42)15-2-1-3-17(32)21(15)36)6-7-14-19(16)23(38)34(22(14)37)11-4-5-13(24(39)40)18(35)8-11/h1-6,8,14,16,19-20,35-36H,7,9-10H2,(H,39,40)/t14-,16+,19-,20+,27+,28-/m0/s1. The number of carbonyl (C=O) groups excluding carboxylic acids is 4. The van der Waals surface area contributed by atoms with E-state index in [0.717, 1.165) is 28.0 Å². The van der Waals surface area contributed by atoms with Crippen molar-refractivity contribution in [1.82, 2.24) is 4.90 Å². The number of halogens is 4. The number of amides is 4. The molecule has 0 unspecified atom stereocenters. The van der Waals surface area contributed by atoms with Crippen LogP contribution in [0.5, 0.6) is 11.5 Å². The molecule has 2 heterocycles. The minimum atomic E-state index is -2.20. The molecule has 2 saturated heterocycles. The number of rotatable bonds is 4. The highest BCUT2D eigenvalue weighted by Crippen LogP contribution is 2.66. The second-order valence-electron chi connectivity index (χ2n) is 10.7. The number of carbonyl (C=O) groups is 5. The molecule has 3 fully saturated rings. The van der Waals surface area contributed by atoms with E-state index in [1.807, 2.05) is 0 Å². The van der Waals surface area contributed by atoms with Gasteiger partial charge in [0.25, 0.3) is 11.8 Å². The van der Waals surface area contributed by atoms with E-state index in [1.165, 1.54) is 18.2 Å². The molecule has 218 valence electrons. The number of anilines is 1. The number of aromatic hydroxyl groups is 2. The van der Waals surface area contributed by atoms with E-state index in [2.05, 4.69) is 15.9 Å². The molecular weight excluding hydrogens is 662 g/mol. The molecule has 2 aromatic carbocycles. The maximum Gasteiger partial charge on any atom is 0.339 e. The van der Waals surface area contributed by atoms with Gasteiger partial charge in [-0.1, -0.05) is 39.7 Å². The molecule has 1 saturated carbocycles. The van der Waals surface area contributed by atoms with E-state index in [0.29, 0.717) is 5.57 Å². The van der Waals surface area contributed by atoms with E-state index in [-0.39, 0.29) is 29.5 Å². The van der Waals surface area contributed by atoms with Crippen LogP contribution < -0.4 is 4.90 Å². The van der Waals surface area contributed by atoms with Crippen LogP contribution in [0.1, 0.15) is 34.7 Å². The molecule has 2 aromatic rings. The Bertz CT molecular complexity index is 1670. The van der Waals surface area contributed by atoms with E-state index < -0.39 is 85.9 Å². The SMILES string of the molecule is O=C(O)c1ccc(N2C(=O)[C@H]3[C@H](CC=C4[C@H]3C[C@@]3(Cl)C(=O)N(CBr)C(=O)[C@@]3(Cl)[C@H]4c3cccc(F)c3O)C2=O)cc1O. The number of hydrogen-bond acceptors (Lipinski definition) is 7. The molecule has 3 N–H and O–H groups in total. The molecule has 10 nitrogen and oxygen atoms in total. The number of para-hydroxylation sites is 1. The maximum absolute atomic E-state index is 14.6. The summed E-state index contributed by atoms with van der Waals surface area (Å²) in [5.74, 6) is -11.1. The third kappa shape index (κ3) is 3.51. The molecule has 4 amide bonds. The van der Waals surface area contributed by atoms with Gasteiger partial charge in [0.2, 0.25) is 11.8 Å². The normalized spacial score (nSPS) is 32.0. The molecule has 6 atom stereocenters. The molecule has 4 aliphatic rings. The van der Waals surface area contributed by atoms with Crippen molar-refractivity contribution in [2.45, 2.75) is 28.5 Å². The number of nitrogens with zero attached hydrogens (tertiary/aromatic N) is 2. The van der Waals surface area contributed by atoms with Gasteiger partial charge in [-0.3, -0.25) is 24.1 Å². The van der Waals surface area contributed by atoms with Crippen LogP contribution in [-0.4, -0.2) is 65.0 Å². The molecule has 14 heteroatoms. The highest BCUT2D eigenvalue weighted by Gasteiger charge is 2.76. The summed E-state index contributed by atoms with van der Waals surface area (Å²) in [4.78, 5) is 63.6. The Morgan fingerprint density at radius 3 is 2.40 bits per heavy atom. The van der Waals surface area contributed by atoms with Crippen molar-refractivity contribution in [3.8, 4) is 11.5 Å². The smallest absolute Gasteiger partial charge is 0.339 e. The quantitative estimate of drug-likeness (QED) is 0.191. The number of fused-ring (bicyclic) bond motifs is 4. The largest absolute Gasteiger partial charge is 0.507 e. The van der Waals surface area contributed by atoms with Gasteiger partial charge < -0.3 is 15.3 Å². The number of carboxylic acid groups (broad SMARTS) is 1. The number of allylic oxidation sites excluding steroid dienone is 2. The van der Waals surface area contributed by atoms with Gasteiger partial charge in [-0.05, 0) is 37.0 Å².